The number of carbonyl (C=O) groups excluding carboxylic acids is 2. The van der Waals surface area contributed by atoms with Gasteiger partial charge in [0, 0.05) is 11.8 Å². The number of hydrogen-bond acceptors (Lipinski definition) is 6. The van der Waals surface area contributed by atoms with Gasteiger partial charge in [-0.3, -0.25) is 14.5 Å². The minimum Gasteiger partial charge on any atom is -0.503 e. The van der Waals surface area contributed by atoms with Crippen LogP contribution in [0.15, 0.2) is 82.7 Å². The van der Waals surface area contributed by atoms with Gasteiger partial charge in [0.25, 0.3) is 5.91 Å². The number of benzene rings is 2. The Labute approximate surface area is 185 Å². The van der Waals surface area contributed by atoms with E-state index >= 15 is 0 Å². The van der Waals surface area contributed by atoms with E-state index in [1.807, 2.05) is 13.8 Å². The lowest BCUT2D eigenvalue weighted by Crippen LogP contribution is -2.31. The third kappa shape index (κ3) is 3.85. The van der Waals surface area contributed by atoms with Crippen molar-refractivity contribution in [2.24, 2.45) is 0 Å². The Hall–Kier alpha value is -4.00. The Morgan fingerprint density at radius 2 is 1.69 bits per heavy atom. The van der Waals surface area contributed by atoms with Gasteiger partial charge in [-0.15, -0.1) is 0 Å². The van der Waals surface area contributed by atoms with E-state index in [0.29, 0.717) is 36.0 Å². The molecule has 7 heteroatoms. The minimum atomic E-state index is -0.877. The maximum absolute atomic E-state index is 13.3. The van der Waals surface area contributed by atoms with Gasteiger partial charge in [0.05, 0.1) is 31.1 Å². The summed E-state index contributed by atoms with van der Waals surface area (Å²) in [6.07, 6.45) is 1.37. The van der Waals surface area contributed by atoms with E-state index in [4.69, 9.17) is 13.9 Å². The molecular weight excluding hydrogens is 410 g/mol. The van der Waals surface area contributed by atoms with Crippen molar-refractivity contribution in [2.75, 3.05) is 18.1 Å². The van der Waals surface area contributed by atoms with Crippen LogP contribution in [0.3, 0.4) is 0 Å². The highest BCUT2D eigenvalue weighted by molar-refractivity contribution is 6.20. The first-order valence-corrected chi connectivity index (χ1v) is 10.4. The predicted molar refractivity (Wildman–Crippen MR) is 118 cm³/mol. The zero-order valence-electron chi connectivity index (χ0n) is 17.8. The van der Waals surface area contributed by atoms with Gasteiger partial charge in [-0.2, -0.15) is 0 Å². The number of rotatable bonds is 8. The van der Waals surface area contributed by atoms with Crippen LogP contribution in [0, 0.1) is 0 Å². The quantitative estimate of drug-likeness (QED) is 0.511. The number of carbonyl (C=O) groups is 2. The zero-order valence-corrected chi connectivity index (χ0v) is 17.8. The number of ketones is 1. The molecule has 2 aromatic carbocycles. The third-order valence-electron chi connectivity index (χ3n) is 5.09. The van der Waals surface area contributed by atoms with Crippen LogP contribution in [0.25, 0.3) is 0 Å². The minimum absolute atomic E-state index is 0.0372. The molecule has 1 aliphatic rings. The molecule has 2 heterocycles. The highest BCUT2D eigenvalue weighted by Gasteiger charge is 2.45. The van der Waals surface area contributed by atoms with E-state index in [-0.39, 0.29) is 11.3 Å². The molecule has 0 radical (unpaired) electrons. The highest BCUT2D eigenvalue weighted by atomic mass is 16.5. The lowest BCUT2D eigenvalue weighted by atomic mass is 9.94. The summed E-state index contributed by atoms with van der Waals surface area (Å²) in [5.74, 6) is -0.645. The summed E-state index contributed by atoms with van der Waals surface area (Å²) >= 11 is 0. The number of hydrogen-bond donors (Lipinski definition) is 1. The topological polar surface area (TPSA) is 89.2 Å². The highest BCUT2D eigenvalue weighted by Crippen LogP contribution is 2.43. The zero-order chi connectivity index (χ0) is 22.7. The van der Waals surface area contributed by atoms with Crippen LogP contribution < -0.4 is 14.4 Å². The number of anilines is 1. The van der Waals surface area contributed by atoms with Gasteiger partial charge in [-0.05, 0) is 55.8 Å². The van der Waals surface area contributed by atoms with E-state index in [2.05, 4.69) is 0 Å². The van der Waals surface area contributed by atoms with Gasteiger partial charge in [0.1, 0.15) is 11.5 Å². The molecule has 0 saturated heterocycles. The van der Waals surface area contributed by atoms with E-state index in [9.17, 15) is 14.7 Å². The van der Waals surface area contributed by atoms with Gasteiger partial charge in [-0.25, -0.2) is 0 Å². The first-order chi connectivity index (χ1) is 15.5. The van der Waals surface area contributed by atoms with Crippen molar-refractivity contribution < 1.29 is 28.6 Å². The molecule has 0 fully saturated rings. The smallest absolute Gasteiger partial charge is 0.294 e. The first kappa shape index (κ1) is 21.2. The average Bonchev–Trinajstić information content (AvgIpc) is 3.42. The Morgan fingerprint density at radius 1 is 1.00 bits per heavy atom. The molecule has 1 aliphatic heterocycles. The molecule has 4 rings (SSSR count). The monoisotopic (exact) mass is 433 g/mol. The standard InChI is InChI=1S/C25H23NO6/c1-3-30-18-10-5-8-16(14-18)22-21(23(27)20-12-7-13-32-20)24(28)25(29)26(22)17-9-6-11-19(15-17)31-4-2/h5-15,22,28H,3-4H2,1-2H3. The fourth-order valence-electron chi connectivity index (χ4n) is 3.79. The summed E-state index contributed by atoms with van der Waals surface area (Å²) < 4.78 is 16.5. The molecule has 0 aliphatic carbocycles. The summed E-state index contributed by atoms with van der Waals surface area (Å²) in [5, 5.41) is 10.8. The molecule has 32 heavy (non-hydrogen) atoms. The van der Waals surface area contributed by atoms with E-state index < -0.39 is 23.5 Å². The molecule has 1 atom stereocenters. The maximum Gasteiger partial charge on any atom is 0.294 e. The van der Waals surface area contributed by atoms with Crippen molar-refractivity contribution in [1.82, 2.24) is 0 Å². The summed E-state index contributed by atoms with van der Waals surface area (Å²) in [6, 6.07) is 16.3. The van der Waals surface area contributed by atoms with Crippen molar-refractivity contribution in [3.05, 3.63) is 89.6 Å². The Bertz CT molecular complexity index is 1160. The fraction of sp³-hybridized carbons (Fsp3) is 0.200. The van der Waals surface area contributed by atoms with Crippen molar-refractivity contribution in [2.45, 2.75) is 19.9 Å². The van der Waals surface area contributed by atoms with Crippen molar-refractivity contribution >= 4 is 17.4 Å². The van der Waals surface area contributed by atoms with Gasteiger partial charge in [0.15, 0.2) is 11.5 Å². The fourth-order valence-corrected chi connectivity index (χ4v) is 3.79. The van der Waals surface area contributed by atoms with Gasteiger partial charge in [0.2, 0.25) is 5.78 Å². The second kappa shape index (κ2) is 9.01. The number of furan rings is 1. The molecule has 0 spiro atoms. The predicted octanol–water partition coefficient (Wildman–Crippen LogP) is 4.86. The van der Waals surface area contributed by atoms with Crippen molar-refractivity contribution in [3.8, 4) is 11.5 Å². The van der Waals surface area contributed by atoms with Crippen LogP contribution >= 0.6 is 0 Å². The summed E-state index contributed by atoms with van der Waals surface area (Å²) in [7, 11) is 0. The van der Waals surface area contributed by atoms with Gasteiger partial charge >= 0.3 is 0 Å². The first-order valence-electron chi connectivity index (χ1n) is 10.4. The molecule has 0 bridgehead atoms. The summed E-state index contributed by atoms with van der Waals surface area (Å²) in [4.78, 5) is 27.9. The maximum atomic E-state index is 13.3. The van der Waals surface area contributed by atoms with Crippen LogP contribution in [0.1, 0.15) is 36.0 Å². The molecule has 3 aromatic rings. The van der Waals surface area contributed by atoms with Crippen LogP contribution in [0.2, 0.25) is 0 Å². The number of nitrogens with zero attached hydrogens (tertiary/aromatic N) is 1. The normalized spacial score (nSPS) is 15.9. The van der Waals surface area contributed by atoms with Crippen molar-refractivity contribution in [3.63, 3.8) is 0 Å². The number of aliphatic hydroxyl groups is 1. The number of aliphatic hydroxyl groups excluding tert-OH is 1. The van der Waals surface area contributed by atoms with Crippen LogP contribution in [-0.4, -0.2) is 30.0 Å². The Balaban J connectivity index is 1.86. The Kier molecular flexibility index (Phi) is 5.98. The van der Waals surface area contributed by atoms with E-state index in [1.54, 1.807) is 54.6 Å². The van der Waals surface area contributed by atoms with E-state index in [1.165, 1.54) is 17.2 Å². The summed E-state index contributed by atoms with van der Waals surface area (Å²) in [6.45, 7) is 4.66. The number of ether oxygens (including phenoxy) is 2. The average molecular weight is 433 g/mol. The van der Waals surface area contributed by atoms with Crippen LogP contribution in [0.4, 0.5) is 5.69 Å². The SMILES string of the molecule is CCOc1cccc(C2C(C(=O)c3ccco3)=C(O)C(=O)N2c2cccc(OCC)c2)c1. The lowest BCUT2D eigenvalue weighted by Gasteiger charge is -2.27. The van der Waals surface area contributed by atoms with Gasteiger partial charge < -0.3 is 19.0 Å². The molecule has 1 amide bonds. The second-order valence-electron chi connectivity index (χ2n) is 7.08. The number of amides is 1. The van der Waals surface area contributed by atoms with E-state index in [0.717, 1.165) is 0 Å². The molecule has 1 N–H and O–H groups in total. The van der Waals surface area contributed by atoms with Crippen molar-refractivity contribution in [1.29, 1.82) is 0 Å². The van der Waals surface area contributed by atoms with Gasteiger partial charge in [-0.1, -0.05) is 18.2 Å². The molecule has 0 saturated carbocycles. The summed E-state index contributed by atoms with van der Waals surface area (Å²) in [5.41, 5.74) is 1.05. The molecule has 7 nitrogen and oxygen atoms in total. The lowest BCUT2D eigenvalue weighted by molar-refractivity contribution is -0.117. The van der Waals surface area contributed by atoms with Crippen LogP contribution in [-0.2, 0) is 4.79 Å². The molecular formula is C25H23NO6. The second-order valence-corrected chi connectivity index (χ2v) is 7.08. The molecule has 1 aromatic heterocycles. The molecule has 1 unspecified atom stereocenters. The Morgan fingerprint density at radius 3 is 2.34 bits per heavy atom. The number of Topliss-reactive ketones (excluding diaryl/α,β-unsaturated/α-hetero) is 1. The third-order valence-corrected chi connectivity index (χ3v) is 5.09. The van der Waals surface area contributed by atoms with Crippen LogP contribution in [0.5, 0.6) is 11.5 Å². The largest absolute Gasteiger partial charge is 0.503 e. The molecule has 164 valence electrons.